The molecule has 1 fully saturated rings. The standard InChI is InChI=1S/C16H21N3O/c20-12-16-10-17-13-19(16)15-6-8-18(9-7-15)11-14-4-2-1-3-5-14/h1-5,10,13,15,20H,6-9,11-12H2. The van der Waals surface area contributed by atoms with Gasteiger partial charge in [0.2, 0.25) is 0 Å². The Balaban J connectivity index is 1.57. The molecule has 1 aromatic heterocycles. The van der Waals surface area contributed by atoms with Gasteiger partial charge in [-0.05, 0) is 18.4 Å². The first-order chi connectivity index (χ1) is 9.86. The molecular weight excluding hydrogens is 250 g/mol. The Morgan fingerprint density at radius 1 is 1.15 bits per heavy atom. The molecule has 1 aliphatic heterocycles. The van der Waals surface area contributed by atoms with E-state index >= 15 is 0 Å². The molecule has 0 amide bonds. The number of benzene rings is 1. The van der Waals surface area contributed by atoms with E-state index in [0.29, 0.717) is 6.04 Å². The lowest BCUT2D eigenvalue weighted by atomic mass is 10.0. The van der Waals surface area contributed by atoms with E-state index in [-0.39, 0.29) is 6.61 Å². The van der Waals surface area contributed by atoms with Crippen LogP contribution in [0.1, 0.15) is 30.1 Å². The van der Waals surface area contributed by atoms with Crippen molar-refractivity contribution in [3.8, 4) is 0 Å². The van der Waals surface area contributed by atoms with Crippen LogP contribution in [0.15, 0.2) is 42.9 Å². The predicted octanol–water partition coefficient (Wildman–Crippen LogP) is 2.21. The van der Waals surface area contributed by atoms with E-state index in [0.717, 1.165) is 38.2 Å². The van der Waals surface area contributed by atoms with Crippen LogP contribution in [0.25, 0.3) is 0 Å². The molecule has 0 atom stereocenters. The van der Waals surface area contributed by atoms with Gasteiger partial charge in [-0.3, -0.25) is 4.90 Å². The number of piperidine rings is 1. The van der Waals surface area contributed by atoms with E-state index in [4.69, 9.17) is 0 Å². The Morgan fingerprint density at radius 2 is 1.90 bits per heavy atom. The van der Waals surface area contributed by atoms with Crippen LogP contribution >= 0.6 is 0 Å². The maximum absolute atomic E-state index is 9.31. The van der Waals surface area contributed by atoms with E-state index in [1.165, 1.54) is 5.56 Å². The van der Waals surface area contributed by atoms with Crippen LogP contribution in [0.4, 0.5) is 0 Å². The zero-order chi connectivity index (χ0) is 13.8. The van der Waals surface area contributed by atoms with Crippen LogP contribution < -0.4 is 0 Å². The van der Waals surface area contributed by atoms with Gasteiger partial charge in [-0.15, -0.1) is 0 Å². The lowest BCUT2D eigenvalue weighted by Gasteiger charge is -2.33. The zero-order valence-electron chi connectivity index (χ0n) is 11.7. The second-order valence-electron chi connectivity index (χ2n) is 5.44. The molecule has 0 spiro atoms. The third-order valence-electron chi connectivity index (χ3n) is 4.11. The summed E-state index contributed by atoms with van der Waals surface area (Å²) < 4.78 is 2.14. The maximum atomic E-state index is 9.31. The summed E-state index contributed by atoms with van der Waals surface area (Å²) in [6, 6.07) is 11.1. The molecule has 0 radical (unpaired) electrons. The molecule has 0 bridgehead atoms. The van der Waals surface area contributed by atoms with Crippen LogP contribution in [0.3, 0.4) is 0 Å². The predicted molar refractivity (Wildman–Crippen MR) is 78.1 cm³/mol. The van der Waals surface area contributed by atoms with Crippen LogP contribution in [0.2, 0.25) is 0 Å². The van der Waals surface area contributed by atoms with E-state index in [1.54, 1.807) is 6.20 Å². The summed E-state index contributed by atoms with van der Waals surface area (Å²) in [5.41, 5.74) is 2.30. The molecule has 1 aliphatic rings. The number of aliphatic hydroxyl groups excluding tert-OH is 1. The summed E-state index contributed by atoms with van der Waals surface area (Å²) in [6.07, 6.45) is 5.85. The number of hydrogen-bond donors (Lipinski definition) is 1. The quantitative estimate of drug-likeness (QED) is 0.927. The maximum Gasteiger partial charge on any atom is 0.0951 e. The highest BCUT2D eigenvalue weighted by Gasteiger charge is 2.21. The Kier molecular flexibility index (Phi) is 4.14. The van der Waals surface area contributed by atoms with Crippen molar-refractivity contribution in [3.63, 3.8) is 0 Å². The van der Waals surface area contributed by atoms with E-state index < -0.39 is 0 Å². The summed E-state index contributed by atoms with van der Waals surface area (Å²) in [7, 11) is 0. The SMILES string of the molecule is OCc1cncn1C1CCN(Cc2ccccc2)CC1. The molecule has 2 aromatic rings. The molecule has 0 saturated carbocycles. The molecule has 4 heteroatoms. The number of imidazole rings is 1. The summed E-state index contributed by atoms with van der Waals surface area (Å²) in [5.74, 6) is 0. The molecule has 1 N–H and O–H groups in total. The van der Waals surface area contributed by atoms with Crippen molar-refractivity contribution in [1.29, 1.82) is 0 Å². The normalized spacial score (nSPS) is 17.4. The zero-order valence-corrected chi connectivity index (χ0v) is 11.7. The second-order valence-corrected chi connectivity index (χ2v) is 5.44. The van der Waals surface area contributed by atoms with Gasteiger partial charge in [-0.25, -0.2) is 4.98 Å². The fourth-order valence-corrected chi connectivity index (χ4v) is 2.98. The van der Waals surface area contributed by atoms with Gasteiger partial charge in [-0.2, -0.15) is 0 Å². The van der Waals surface area contributed by atoms with E-state index in [9.17, 15) is 5.11 Å². The molecule has 20 heavy (non-hydrogen) atoms. The van der Waals surface area contributed by atoms with E-state index in [1.807, 2.05) is 6.33 Å². The van der Waals surface area contributed by atoms with Crippen molar-refractivity contribution in [2.75, 3.05) is 13.1 Å². The second kappa shape index (κ2) is 6.20. The Labute approximate surface area is 119 Å². The molecule has 0 aliphatic carbocycles. The van der Waals surface area contributed by atoms with Crippen molar-refractivity contribution >= 4 is 0 Å². The molecule has 2 heterocycles. The molecule has 4 nitrogen and oxygen atoms in total. The van der Waals surface area contributed by atoms with Gasteiger partial charge in [-0.1, -0.05) is 30.3 Å². The lowest BCUT2D eigenvalue weighted by molar-refractivity contribution is 0.173. The highest BCUT2D eigenvalue weighted by molar-refractivity contribution is 5.14. The third-order valence-corrected chi connectivity index (χ3v) is 4.11. The smallest absolute Gasteiger partial charge is 0.0951 e. The first kappa shape index (κ1) is 13.3. The van der Waals surface area contributed by atoms with Crippen molar-refractivity contribution in [1.82, 2.24) is 14.5 Å². The topological polar surface area (TPSA) is 41.3 Å². The van der Waals surface area contributed by atoms with Gasteiger partial charge in [0, 0.05) is 25.7 Å². The van der Waals surface area contributed by atoms with Gasteiger partial charge >= 0.3 is 0 Å². The third kappa shape index (κ3) is 2.92. The summed E-state index contributed by atoms with van der Waals surface area (Å²) >= 11 is 0. The molecule has 1 saturated heterocycles. The van der Waals surface area contributed by atoms with Crippen LogP contribution in [0.5, 0.6) is 0 Å². The summed E-state index contributed by atoms with van der Waals surface area (Å²) in [5, 5.41) is 9.31. The Bertz CT molecular complexity index is 530. The summed E-state index contributed by atoms with van der Waals surface area (Å²) in [4.78, 5) is 6.65. The van der Waals surface area contributed by atoms with Gasteiger partial charge in [0.1, 0.15) is 0 Å². The van der Waals surface area contributed by atoms with E-state index in [2.05, 4.69) is 44.8 Å². The number of aromatic nitrogens is 2. The van der Waals surface area contributed by atoms with Crippen molar-refractivity contribution in [2.45, 2.75) is 32.0 Å². The number of rotatable bonds is 4. The molecule has 1 aromatic carbocycles. The highest BCUT2D eigenvalue weighted by Crippen LogP contribution is 2.24. The van der Waals surface area contributed by atoms with Gasteiger partial charge in [0.05, 0.1) is 24.8 Å². The first-order valence-corrected chi connectivity index (χ1v) is 7.24. The minimum Gasteiger partial charge on any atom is -0.390 e. The van der Waals surface area contributed by atoms with Crippen molar-refractivity contribution in [3.05, 3.63) is 54.1 Å². The molecule has 0 unspecified atom stereocenters. The number of nitrogens with zero attached hydrogens (tertiary/aromatic N) is 3. The van der Waals surface area contributed by atoms with Crippen LogP contribution in [-0.2, 0) is 13.2 Å². The molecule has 3 rings (SSSR count). The Morgan fingerprint density at radius 3 is 2.60 bits per heavy atom. The number of aliphatic hydroxyl groups is 1. The van der Waals surface area contributed by atoms with Crippen molar-refractivity contribution in [2.24, 2.45) is 0 Å². The fourth-order valence-electron chi connectivity index (χ4n) is 2.98. The van der Waals surface area contributed by atoms with Gasteiger partial charge in [0.25, 0.3) is 0 Å². The largest absolute Gasteiger partial charge is 0.390 e. The average Bonchev–Trinajstić information content (AvgIpc) is 2.98. The van der Waals surface area contributed by atoms with Crippen molar-refractivity contribution < 1.29 is 5.11 Å². The average molecular weight is 271 g/mol. The molecule has 106 valence electrons. The first-order valence-electron chi connectivity index (χ1n) is 7.24. The van der Waals surface area contributed by atoms with Crippen LogP contribution in [0, 0.1) is 0 Å². The molecular formula is C16H21N3O. The highest BCUT2D eigenvalue weighted by atomic mass is 16.3. The number of likely N-dealkylation sites (tertiary alicyclic amines) is 1. The fraction of sp³-hybridized carbons (Fsp3) is 0.438. The van der Waals surface area contributed by atoms with Gasteiger partial charge in [0.15, 0.2) is 0 Å². The monoisotopic (exact) mass is 271 g/mol. The van der Waals surface area contributed by atoms with Crippen LogP contribution in [-0.4, -0.2) is 32.6 Å². The Hall–Kier alpha value is -1.65. The summed E-state index contributed by atoms with van der Waals surface area (Å²) in [6.45, 7) is 3.31. The van der Waals surface area contributed by atoms with Gasteiger partial charge < -0.3 is 9.67 Å². The minimum absolute atomic E-state index is 0.0736. The minimum atomic E-state index is 0.0736. The lowest BCUT2D eigenvalue weighted by Crippen LogP contribution is -2.34. The number of hydrogen-bond acceptors (Lipinski definition) is 3.